The number of piperidine rings is 1. The van der Waals surface area contributed by atoms with Crippen molar-refractivity contribution >= 4 is 17.2 Å². The molecule has 14 heavy (non-hydrogen) atoms. The zero-order valence-corrected chi connectivity index (χ0v) is 10.2. The highest BCUT2D eigenvalue weighted by atomic mass is 32.1. The predicted molar refractivity (Wildman–Crippen MR) is 65.5 cm³/mol. The monoisotopic (exact) mass is 214 g/mol. The van der Waals surface area contributed by atoms with Crippen LogP contribution in [0.2, 0.25) is 0 Å². The van der Waals surface area contributed by atoms with Gasteiger partial charge in [0.2, 0.25) is 0 Å². The summed E-state index contributed by atoms with van der Waals surface area (Å²) < 4.78 is 0. The number of hydrogen-bond acceptors (Lipinski definition) is 2. The van der Waals surface area contributed by atoms with Crippen LogP contribution in [0, 0.1) is 5.41 Å². The Kier molecular flexibility index (Phi) is 4.32. The highest BCUT2D eigenvalue weighted by Gasteiger charge is 2.25. The molecule has 0 bridgehead atoms. The molecule has 0 aromatic carbocycles. The van der Waals surface area contributed by atoms with Crippen LogP contribution in [0.25, 0.3) is 0 Å². The van der Waals surface area contributed by atoms with Gasteiger partial charge in [-0.25, -0.2) is 0 Å². The van der Waals surface area contributed by atoms with Gasteiger partial charge in [-0.05, 0) is 44.2 Å². The Labute approximate surface area is 92.8 Å². The first-order chi connectivity index (χ1) is 6.49. The lowest BCUT2D eigenvalue weighted by Crippen LogP contribution is -2.40. The number of nitrogens with zero attached hydrogens (tertiary/aromatic N) is 1. The molecule has 82 valence electrons. The highest BCUT2D eigenvalue weighted by Crippen LogP contribution is 2.28. The molecule has 3 heteroatoms. The van der Waals surface area contributed by atoms with Gasteiger partial charge in [-0.1, -0.05) is 26.1 Å². The van der Waals surface area contributed by atoms with E-state index >= 15 is 0 Å². The summed E-state index contributed by atoms with van der Waals surface area (Å²) in [6.45, 7) is 8.34. The fourth-order valence-corrected chi connectivity index (χ4v) is 2.36. The second-order valence-electron chi connectivity index (χ2n) is 5.11. The Bertz CT molecular complexity index is 201. The molecule has 0 aliphatic carbocycles. The minimum atomic E-state index is 0.501. The number of rotatable bonds is 4. The third-order valence-electron chi connectivity index (χ3n) is 2.88. The van der Waals surface area contributed by atoms with Crippen LogP contribution in [0.5, 0.6) is 0 Å². The molecule has 2 N–H and O–H groups in total. The standard InChI is InChI=1S/C11H22N2S/c1-11(2)6-4-8-13(9-11)7-3-5-10(12)14/h3-9H2,1-2H3,(H2,12,14). The molecule has 1 fully saturated rings. The van der Waals surface area contributed by atoms with Crippen LogP contribution in [-0.2, 0) is 0 Å². The fraction of sp³-hybridized carbons (Fsp3) is 0.909. The zero-order chi connectivity index (χ0) is 10.6. The SMILES string of the molecule is CC1(C)CCCN(CCCC(N)=S)C1. The van der Waals surface area contributed by atoms with E-state index < -0.39 is 0 Å². The summed E-state index contributed by atoms with van der Waals surface area (Å²) in [4.78, 5) is 3.20. The van der Waals surface area contributed by atoms with Crippen molar-refractivity contribution in [2.75, 3.05) is 19.6 Å². The lowest BCUT2D eigenvalue weighted by atomic mass is 9.84. The molecule has 0 unspecified atom stereocenters. The average Bonchev–Trinajstić information content (AvgIpc) is 2.01. The molecule has 1 heterocycles. The molecule has 0 saturated carbocycles. The first-order valence-electron chi connectivity index (χ1n) is 5.50. The largest absolute Gasteiger partial charge is 0.393 e. The molecule has 2 nitrogen and oxygen atoms in total. The zero-order valence-electron chi connectivity index (χ0n) is 9.38. The predicted octanol–water partition coefficient (Wildman–Crippen LogP) is 2.17. The maximum absolute atomic E-state index is 5.47. The van der Waals surface area contributed by atoms with Gasteiger partial charge >= 0.3 is 0 Å². The van der Waals surface area contributed by atoms with Crippen molar-refractivity contribution in [3.63, 3.8) is 0 Å². The van der Waals surface area contributed by atoms with Crippen LogP contribution >= 0.6 is 12.2 Å². The molecule has 0 aromatic rings. The maximum Gasteiger partial charge on any atom is 0.0727 e. The summed E-state index contributed by atoms with van der Waals surface area (Å²) in [6, 6.07) is 0. The van der Waals surface area contributed by atoms with Crippen molar-refractivity contribution in [1.29, 1.82) is 0 Å². The normalized spacial score (nSPS) is 22.1. The van der Waals surface area contributed by atoms with Crippen LogP contribution < -0.4 is 5.73 Å². The van der Waals surface area contributed by atoms with E-state index in [0.717, 1.165) is 19.4 Å². The van der Waals surface area contributed by atoms with Gasteiger partial charge in [0, 0.05) is 6.54 Å². The van der Waals surface area contributed by atoms with E-state index in [1.54, 1.807) is 0 Å². The number of thiocarbonyl (C=S) groups is 1. The third kappa shape index (κ3) is 4.38. The Morgan fingerprint density at radius 1 is 1.50 bits per heavy atom. The van der Waals surface area contributed by atoms with E-state index in [1.165, 1.54) is 25.9 Å². The van der Waals surface area contributed by atoms with Crippen LogP contribution in [0.3, 0.4) is 0 Å². The molecule has 1 aliphatic rings. The first kappa shape index (κ1) is 11.9. The second-order valence-corrected chi connectivity index (χ2v) is 5.64. The van der Waals surface area contributed by atoms with E-state index in [4.69, 9.17) is 18.0 Å². The van der Waals surface area contributed by atoms with Crippen LogP contribution in [0.1, 0.15) is 39.5 Å². The first-order valence-corrected chi connectivity index (χ1v) is 5.91. The van der Waals surface area contributed by atoms with Crippen molar-refractivity contribution in [3.05, 3.63) is 0 Å². The van der Waals surface area contributed by atoms with Crippen molar-refractivity contribution in [2.45, 2.75) is 39.5 Å². The van der Waals surface area contributed by atoms with Gasteiger partial charge in [-0.2, -0.15) is 0 Å². The van der Waals surface area contributed by atoms with Gasteiger partial charge in [-0.3, -0.25) is 0 Å². The van der Waals surface area contributed by atoms with Gasteiger partial charge in [0.25, 0.3) is 0 Å². The van der Waals surface area contributed by atoms with Gasteiger partial charge in [0.05, 0.1) is 4.99 Å². The molecule has 0 spiro atoms. The van der Waals surface area contributed by atoms with E-state index in [2.05, 4.69) is 18.7 Å². The summed E-state index contributed by atoms with van der Waals surface area (Å²) in [5.74, 6) is 0. The van der Waals surface area contributed by atoms with Gasteiger partial charge < -0.3 is 10.6 Å². The molecule has 1 rings (SSSR count). The lowest BCUT2D eigenvalue weighted by molar-refractivity contribution is 0.117. The molecule has 1 aliphatic heterocycles. The molecule has 0 aromatic heterocycles. The highest BCUT2D eigenvalue weighted by molar-refractivity contribution is 7.80. The van der Waals surface area contributed by atoms with E-state index in [1.807, 2.05) is 0 Å². The lowest BCUT2D eigenvalue weighted by Gasteiger charge is -2.38. The van der Waals surface area contributed by atoms with E-state index in [9.17, 15) is 0 Å². The minimum Gasteiger partial charge on any atom is -0.393 e. The second kappa shape index (κ2) is 5.08. The van der Waals surface area contributed by atoms with Crippen molar-refractivity contribution in [3.8, 4) is 0 Å². The molecule has 0 atom stereocenters. The summed E-state index contributed by atoms with van der Waals surface area (Å²) >= 11 is 4.87. The molecular formula is C11H22N2S. The van der Waals surface area contributed by atoms with Crippen LogP contribution in [-0.4, -0.2) is 29.5 Å². The van der Waals surface area contributed by atoms with Crippen molar-refractivity contribution < 1.29 is 0 Å². The van der Waals surface area contributed by atoms with Gasteiger partial charge in [-0.15, -0.1) is 0 Å². The summed E-state index contributed by atoms with van der Waals surface area (Å²) in [5.41, 5.74) is 5.98. The van der Waals surface area contributed by atoms with Crippen LogP contribution in [0.4, 0.5) is 0 Å². The topological polar surface area (TPSA) is 29.3 Å². The number of nitrogens with two attached hydrogens (primary N) is 1. The quantitative estimate of drug-likeness (QED) is 0.727. The smallest absolute Gasteiger partial charge is 0.0727 e. The Hall–Kier alpha value is -0.150. The Balaban J connectivity index is 2.21. The summed E-state index contributed by atoms with van der Waals surface area (Å²) in [7, 11) is 0. The number of hydrogen-bond donors (Lipinski definition) is 1. The van der Waals surface area contributed by atoms with Crippen molar-refractivity contribution in [2.24, 2.45) is 11.1 Å². The maximum atomic E-state index is 5.47. The summed E-state index contributed by atoms with van der Waals surface area (Å²) in [6.07, 6.45) is 4.70. The van der Waals surface area contributed by atoms with E-state index in [-0.39, 0.29) is 0 Å². The molecule has 0 amide bonds. The third-order valence-corrected chi connectivity index (χ3v) is 3.08. The minimum absolute atomic E-state index is 0.501. The number of likely N-dealkylation sites (tertiary alicyclic amines) is 1. The van der Waals surface area contributed by atoms with E-state index in [0.29, 0.717) is 10.4 Å². The average molecular weight is 214 g/mol. The fourth-order valence-electron chi connectivity index (χ4n) is 2.21. The molecule has 1 saturated heterocycles. The summed E-state index contributed by atoms with van der Waals surface area (Å²) in [5, 5.41) is 0. The Morgan fingerprint density at radius 3 is 2.79 bits per heavy atom. The molecule has 0 radical (unpaired) electrons. The Morgan fingerprint density at radius 2 is 2.21 bits per heavy atom. The molecular weight excluding hydrogens is 192 g/mol. The van der Waals surface area contributed by atoms with Gasteiger partial charge in [0.15, 0.2) is 0 Å². The van der Waals surface area contributed by atoms with Gasteiger partial charge in [0.1, 0.15) is 0 Å². The van der Waals surface area contributed by atoms with Crippen LogP contribution in [0.15, 0.2) is 0 Å². The van der Waals surface area contributed by atoms with Crippen molar-refractivity contribution in [1.82, 2.24) is 4.90 Å².